The van der Waals surface area contributed by atoms with E-state index in [1.807, 2.05) is 71.6 Å². The summed E-state index contributed by atoms with van der Waals surface area (Å²) in [6.45, 7) is 2.66. The van der Waals surface area contributed by atoms with Crippen LogP contribution in [0.3, 0.4) is 0 Å². The minimum Gasteiger partial charge on any atom is -0.489 e. The number of ether oxygens (including phenoxy) is 4. The second-order valence-corrected chi connectivity index (χ2v) is 11.5. The van der Waals surface area contributed by atoms with Crippen molar-refractivity contribution < 1.29 is 28.8 Å². The number of nitrogens with zero attached hydrogens (tertiary/aromatic N) is 2. The number of carboxylic acid groups (broad SMARTS) is 1. The van der Waals surface area contributed by atoms with E-state index in [1.165, 1.54) is 0 Å². The Morgan fingerprint density at radius 3 is 2.62 bits per heavy atom. The number of aliphatic carboxylic acids is 1. The second-order valence-electron chi connectivity index (χ2n) is 11.1. The van der Waals surface area contributed by atoms with Crippen molar-refractivity contribution in [2.45, 2.75) is 45.1 Å². The van der Waals surface area contributed by atoms with E-state index in [0.717, 1.165) is 46.4 Å². The molecule has 4 aromatic carbocycles. The van der Waals surface area contributed by atoms with Crippen molar-refractivity contribution in [1.29, 1.82) is 5.26 Å². The van der Waals surface area contributed by atoms with Gasteiger partial charge < -0.3 is 24.1 Å². The van der Waals surface area contributed by atoms with E-state index < -0.39 is 12.0 Å². The van der Waals surface area contributed by atoms with E-state index >= 15 is 0 Å². The Kier molecular flexibility index (Phi) is 9.39. The molecule has 2 heterocycles. The van der Waals surface area contributed by atoms with E-state index in [9.17, 15) is 15.2 Å². The zero-order valence-electron chi connectivity index (χ0n) is 24.7. The quantitative estimate of drug-likeness (QED) is 0.197. The summed E-state index contributed by atoms with van der Waals surface area (Å²) >= 11 is 6.89. The molecule has 1 atom stereocenters. The van der Waals surface area contributed by atoms with Gasteiger partial charge in [0.15, 0.2) is 11.5 Å². The molecule has 1 N–H and O–H groups in total. The second kappa shape index (κ2) is 13.9. The molecule has 0 amide bonds. The van der Waals surface area contributed by atoms with E-state index in [2.05, 4.69) is 6.07 Å². The predicted octanol–water partition coefficient (Wildman–Crippen LogP) is 7.25. The average Bonchev–Trinajstić information content (AvgIpc) is 3.07. The molecule has 2 aliphatic heterocycles. The Labute approximate surface area is 267 Å². The fraction of sp³-hybridized carbons (Fsp3) is 0.278. The highest BCUT2D eigenvalue weighted by molar-refractivity contribution is 6.34. The third-order valence-corrected chi connectivity index (χ3v) is 8.53. The number of carbonyl (C=O) groups is 1. The van der Waals surface area contributed by atoms with Gasteiger partial charge in [-0.05, 0) is 60.8 Å². The molecule has 230 valence electrons. The Bertz CT molecular complexity index is 1740. The van der Waals surface area contributed by atoms with Crippen LogP contribution in [0, 0.1) is 11.3 Å². The molecular weight excluding hydrogens is 592 g/mol. The number of halogens is 1. The van der Waals surface area contributed by atoms with Crippen LogP contribution >= 0.6 is 11.6 Å². The fourth-order valence-electron chi connectivity index (χ4n) is 5.75. The van der Waals surface area contributed by atoms with Crippen LogP contribution < -0.4 is 18.9 Å². The largest absolute Gasteiger partial charge is 0.489 e. The number of carboxylic acids is 1. The summed E-state index contributed by atoms with van der Waals surface area (Å²) in [5.41, 5.74) is 4.89. The maximum atomic E-state index is 11.9. The molecule has 0 aliphatic carbocycles. The van der Waals surface area contributed by atoms with Gasteiger partial charge in [-0.1, -0.05) is 60.5 Å². The molecule has 0 aromatic heterocycles. The molecule has 6 rings (SSSR count). The van der Waals surface area contributed by atoms with Gasteiger partial charge in [-0.15, -0.1) is 0 Å². The van der Waals surface area contributed by atoms with E-state index in [0.29, 0.717) is 60.6 Å². The minimum atomic E-state index is -0.805. The Balaban J connectivity index is 1.22. The van der Waals surface area contributed by atoms with E-state index in [4.69, 9.17) is 30.5 Å². The number of fused-ring (bicyclic) bond motifs is 1. The van der Waals surface area contributed by atoms with Gasteiger partial charge >= 0.3 is 5.97 Å². The van der Waals surface area contributed by atoms with Gasteiger partial charge in [-0.2, -0.15) is 5.26 Å². The van der Waals surface area contributed by atoms with Crippen LogP contribution in [-0.4, -0.2) is 41.8 Å². The van der Waals surface area contributed by atoms with Crippen molar-refractivity contribution in [3.05, 3.63) is 106 Å². The van der Waals surface area contributed by atoms with Crippen molar-refractivity contribution in [2.75, 3.05) is 19.8 Å². The van der Waals surface area contributed by atoms with Crippen molar-refractivity contribution in [3.63, 3.8) is 0 Å². The van der Waals surface area contributed by atoms with Crippen molar-refractivity contribution in [3.8, 4) is 40.2 Å². The highest BCUT2D eigenvalue weighted by Gasteiger charge is 2.29. The Hall–Kier alpha value is -4.71. The first-order chi connectivity index (χ1) is 22.0. The topological polar surface area (TPSA) is 101 Å². The third-order valence-electron chi connectivity index (χ3n) is 8.09. The first-order valence-corrected chi connectivity index (χ1v) is 15.4. The van der Waals surface area contributed by atoms with Gasteiger partial charge in [0.25, 0.3) is 0 Å². The summed E-state index contributed by atoms with van der Waals surface area (Å²) in [4.78, 5) is 13.9. The standard InChI is InChI=1S/C36H33ClN2O6/c37-35-28(7-4-8-30(35)26-11-13-32-34(18-26)43-16-15-42-32)23-44-29-12-10-27(21-39-14-2-1-9-31(39)36(40)41)33(19-29)45-22-25-6-3-5-24(17-25)20-38/h3-8,10-13,17-19,31H,1-2,9,14-16,21-23H2,(H,40,41). The SMILES string of the molecule is N#Cc1cccc(COc2cc(OCc3cccc(-c4ccc5c(c4)OCCO5)c3Cl)ccc2CN2CCCCC2C(=O)O)c1. The summed E-state index contributed by atoms with van der Waals surface area (Å²) in [7, 11) is 0. The number of hydrogen-bond donors (Lipinski definition) is 1. The number of rotatable bonds is 10. The summed E-state index contributed by atoms with van der Waals surface area (Å²) < 4.78 is 23.9. The zero-order chi connectivity index (χ0) is 31.2. The lowest BCUT2D eigenvalue weighted by Crippen LogP contribution is -2.44. The summed E-state index contributed by atoms with van der Waals surface area (Å²) in [5, 5.41) is 19.7. The molecule has 8 nitrogen and oxygen atoms in total. The molecule has 9 heteroatoms. The maximum Gasteiger partial charge on any atom is 0.320 e. The van der Waals surface area contributed by atoms with Crippen LogP contribution in [0.4, 0.5) is 0 Å². The lowest BCUT2D eigenvalue weighted by Gasteiger charge is -2.33. The van der Waals surface area contributed by atoms with Crippen LogP contribution in [0.25, 0.3) is 11.1 Å². The van der Waals surface area contributed by atoms with Gasteiger partial charge in [0, 0.05) is 29.3 Å². The first kappa shape index (κ1) is 30.3. The summed E-state index contributed by atoms with van der Waals surface area (Å²) in [6.07, 6.45) is 2.48. The van der Waals surface area contributed by atoms with E-state index in [-0.39, 0.29) is 13.2 Å². The Morgan fingerprint density at radius 2 is 1.78 bits per heavy atom. The molecule has 0 bridgehead atoms. The number of piperidine rings is 1. The molecular formula is C36H33ClN2O6. The third kappa shape index (κ3) is 7.17. The average molecular weight is 625 g/mol. The van der Waals surface area contributed by atoms with Crippen LogP contribution in [0.5, 0.6) is 23.0 Å². The van der Waals surface area contributed by atoms with Crippen molar-refractivity contribution in [1.82, 2.24) is 4.90 Å². The van der Waals surface area contributed by atoms with Gasteiger partial charge in [0.05, 0.1) is 16.7 Å². The van der Waals surface area contributed by atoms with Crippen molar-refractivity contribution >= 4 is 17.6 Å². The first-order valence-electron chi connectivity index (χ1n) is 15.0. The van der Waals surface area contributed by atoms with Gasteiger partial charge in [0.1, 0.15) is 44.0 Å². The molecule has 0 radical (unpaired) electrons. The van der Waals surface area contributed by atoms with Crippen LogP contribution in [0.2, 0.25) is 5.02 Å². The highest BCUT2D eigenvalue weighted by atomic mass is 35.5. The van der Waals surface area contributed by atoms with Crippen molar-refractivity contribution in [2.24, 2.45) is 0 Å². The molecule has 45 heavy (non-hydrogen) atoms. The predicted molar refractivity (Wildman–Crippen MR) is 170 cm³/mol. The molecule has 1 unspecified atom stereocenters. The normalized spacial score (nSPS) is 16.0. The van der Waals surface area contributed by atoms with Crippen LogP contribution in [0.15, 0.2) is 78.9 Å². The zero-order valence-corrected chi connectivity index (χ0v) is 25.5. The van der Waals surface area contributed by atoms with Gasteiger partial charge in [-0.3, -0.25) is 9.69 Å². The monoisotopic (exact) mass is 624 g/mol. The molecule has 0 spiro atoms. The summed E-state index contributed by atoms with van der Waals surface area (Å²) in [6, 6.07) is 26.2. The molecule has 4 aromatic rings. The molecule has 1 saturated heterocycles. The smallest absolute Gasteiger partial charge is 0.320 e. The maximum absolute atomic E-state index is 11.9. The Morgan fingerprint density at radius 1 is 0.933 bits per heavy atom. The number of likely N-dealkylation sites (tertiary alicyclic amines) is 1. The number of benzene rings is 4. The van der Waals surface area contributed by atoms with Gasteiger partial charge in [-0.25, -0.2) is 0 Å². The highest BCUT2D eigenvalue weighted by Crippen LogP contribution is 2.38. The van der Waals surface area contributed by atoms with E-state index in [1.54, 1.807) is 12.1 Å². The van der Waals surface area contributed by atoms with Gasteiger partial charge in [0.2, 0.25) is 0 Å². The minimum absolute atomic E-state index is 0.230. The van der Waals surface area contributed by atoms with Crippen LogP contribution in [0.1, 0.15) is 41.5 Å². The molecule has 1 fully saturated rings. The molecule has 2 aliphatic rings. The fourth-order valence-corrected chi connectivity index (χ4v) is 6.04. The van der Waals surface area contributed by atoms with Crippen LogP contribution in [-0.2, 0) is 24.6 Å². The number of nitriles is 1. The summed E-state index contributed by atoms with van der Waals surface area (Å²) in [5.74, 6) is 1.80. The number of hydrogen-bond acceptors (Lipinski definition) is 7. The lowest BCUT2D eigenvalue weighted by molar-refractivity contribution is -0.144. The molecule has 0 saturated carbocycles. The lowest BCUT2D eigenvalue weighted by atomic mass is 10.0.